The van der Waals surface area contributed by atoms with Gasteiger partial charge in [0, 0.05) is 6.61 Å². The van der Waals surface area contributed by atoms with Crippen LogP contribution in [-0.4, -0.2) is 20.3 Å². The first-order valence-electron chi connectivity index (χ1n) is 5.90. The molecule has 17 heavy (non-hydrogen) atoms. The summed E-state index contributed by atoms with van der Waals surface area (Å²) in [6.45, 7) is 1.32. The van der Waals surface area contributed by atoms with Gasteiger partial charge in [0.1, 0.15) is 5.75 Å². The molecule has 0 aromatic heterocycles. The Balaban J connectivity index is 2.15. The number of rotatable bonds is 3. The first kappa shape index (κ1) is 11.9. The van der Waals surface area contributed by atoms with Crippen LogP contribution in [0.15, 0.2) is 24.3 Å². The third-order valence-electron chi connectivity index (χ3n) is 3.24. The molecule has 1 aromatic rings. The average molecular weight is 231 g/mol. The molecule has 1 atom stereocenters. The Labute approximate surface area is 102 Å². The van der Waals surface area contributed by atoms with Gasteiger partial charge in [0.25, 0.3) is 0 Å². The Kier molecular flexibility index (Phi) is 3.65. The highest BCUT2D eigenvalue weighted by molar-refractivity contribution is 5.30. The highest BCUT2D eigenvalue weighted by atomic mass is 16.5. The molecule has 0 spiro atoms. The number of ether oxygens (including phenoxy) is 2. The van der Waals surface area contributed by atoms with Crippen molar-refractivity contribution in [2.75, 3.05) is 20.3 Å². The van der Waals surface area contributed by atoms with Gasteiger partial charge in [-0.25, -0.2) is 0 Å². The lowest BCUT2D eigenvalue weighted by molar-refractivity contribution is 0.0223. The molecule has 1 heterocycles. The van der Waals surface area contributed by atoms with Gasteiger partial charge in [-0.1, -0.05) is 12.1 Å². The third kappa shape index (κ3) is 2.78. The zero-order chi connectivity index (χ0) is 12.1. The number of methoxy groups -OCH3 is 1. The van der Waals surface area contributed by atoms with Crippen molar-refractivity contribution in [3.63, 3.8) is 0 Å². The molecule has 0 aliphatic carbocycles. The van der Waals surface area contributed by atoms with Crippen molar-refractivity contribution in [3.8, 4) is 11.8 Å². The van der Waals surface area contributed by atoms with Gasteiger partial charge in [-0.3, -0.25) is 0 Å². The van der Waals surface area contributed by atoms with Gasteiger partial charge in [-0.05, 0) is 37.0 Å². The first-order chi connectivity index (χ1) is 8.28. The summed E-state index contributed by atoms with van der Waals surface area (Å²) in [6.07, 6.45) is 2.62. The Morgan fingerprint density at radius 3 is 3.06 bits per heavy atom. The lowest BCUT2D eigenvalue weighted by Crippen LogP contribution is -2.32. The minimum Gasteiger partial charge on any atom is -0.497 e. The fourth-order valence-electron chi connectivity index (χ4n) is 2.29. The van der Waals surface area contributed by atoms with Crippen LogP contribution in [0.3, 0.4) is 0 Å². The second kappa shape index (κ2) is 5.20. The number of benzene rings is 1. The quantitative estimate of drug-likeness (QED) is 0.802. The molecule has 1 aliphatic rings. The highest BCUT2D eigenvalue weighted by Gasteiger charge is 2.33. The van der Waals surface area contributed by atoms with Crippen molar-refractivity contribution in [1.82, 2.24) is 0 Å². The van der Waals surface area contributed by atoms with E-state index in [0.29, 0.717) is 6.61 Å². The molecule has 90 valence electrons. The van der Waals surface area contributed by atoms with Crippen LogP contribution in [-0.2, 0) is 11.2 Å². The molecule has 1 aliphatic heterocycles. The van der Waals surface area contributed by atoms with E-state index in [1.807, 2.05) is 24.3 Å². The maximum atomic E-state index is 9.37. The second-order valence-electron chi connectivity index (χ2n) is 4.58. The Morgan fingerprint density at radius 1 is 1.53 bits per heavy atom. The molecule has 3 heteroatoms. The molecule has 2 rings (SSSR count). The van der Waals surface area contributed by atoms with E-state index in [-0.39, 0.29) is 5.41 Å². The van der Waals surface area contributed by atoms with Crippen molar-refractivity contribution in [3.05, 3.63) is 29.8 Å². The SMILES string of the molecule is COc1cccc(CC2(C#N)CCCOC2)c1. The van der Waals surface area contributed by atoms with E-state index in [9.17, 15) is 5.26 Å². The van der Waals surface area contributed by atoms with Crippen LogP contribution in [0.4, 0.5) is 0 Å². The molecular weight excluding hydrogens is 214 g/mol. The van der Waals surface area contributed by atoms with Crippen molar-refractivity contribution < 1.29 is 9.47 Å². The molecule has 0 N–H and O–H groups in total. The van der Waals surface area contributed by atoms with E-state index in [0.717, 1.165) is 37.2 Å². The zero-order valence-corrected chi connectivity index (χ0v) is 10.1. The molecular formula is C14H17NO2. The summed E-state index contributed by atoms with van der Waals surface area (Å²) in [7, 11) is 1.66. The summed E-state index contributed by atoms with van der Waals surface area (Å²) in [5, 5.41) is 9.37. The summed E-state index contributed by atoms with van der Waals surface area (Å²) in [6, 6.07) is 10.3. The van der Waals surface area contributed by atoms with Crippen LogP contribution in [0.2, 0.25) is 0 Å². The minimum absolute atomic E-state index is 0.357. The Morgan fingerprint density at radius 2 is 2.41 bits per heavy atom. The maximum absolute atomic E-state index is 9.37. The molecule has 0 radical (unpaired) electrons. The average Bonchev–Trinajstić information content (AvgIpc) is 2.40. The topological polar surface area (TPSA) is 42.2 Å². The number of nitrogens with zero attached hydrogens (tertiary/aromatic N) is 1. The van der Waals surface area contributed by atoms with Crippen LogP contribution in [0.25, 0.3) is 0 Å². The van der Waals surface area contributed by atoms with E-state index in [1.165, 1.54) is 0 Å². The first-order valence-corrected chi connectivity index (χ1v) is 5.90. The van der Waals surface area contributed by atoms with Gasteiger partial charge in [0.2, 0.25) is 0 Å². The lowest BCUT2D eigenvalue weighted by Gasteiger charge is -2.30. The van der Waals surface area contributed by atoms with Gasteiger partial charge in [-0.15, -0.1) is 0 Å². The molecule has 1 unspecified atom stereocenters. The van der Waals surface area contributed by atoms with Crippen molar-refractivity contribution >= 4 is 0 Å². The van der Waals surface area contributed by atoms with E-state index in [1.54, 1.807) is 7.11 Å². The normalized spacial score (nSPS) is 24.0. The molecule has 0 amide bonds. The predicted molar refractivity (Wildman–Crippen MR) is 64.8 cm³/mol. The number of nitriles is 1. The van der Waals surface area contributed by atoms with E-state index in [2.05, 4.69) is 6.07 Å². The Hall–Kier alpha value is -1.53. The van der Waals surface area contributed by atoms with Gasteiger partial charge in [-0.2, -0.15) is 5.26 Å². The smallest absolute Gasteiger partial charge is 0.119 e. The molecule has 0 bridgehead atoms. The molecule has 1 aromatic carbocycles. The second-order valence-corrected chi connectivity index (χ2v) is 4.58. The van der Waals surface area contributed by atoms with Crippen LogP contribution >= 0.6 is 0 Å². The number of hydrogen-bond donors (Lipinski definition) is 0. The minimum atomic E-state index is -0.357. The summed E-state index contributed by atoms with van der Waals surface area (Å²) in [4.78, 5) is 0. The fraction of sp³-hybridized carbons (Fsp3) is 0.500. The van der Waals surface area contributed by atoms with Crippen LogP contribution < -0.4 is 4.74 Å². The van der Waals surface area contributed by atoms with E-state index < -0.39 is 0 Å². The van der Waals surface area contributed by atoms with Gasteiger partial charge in [0.05, 0.1) is 25.2 Å². The van der Waals surface area contributed by atoms with E-state index in [4.69, 9.17) is 9.47 Å². The maximum Gasteiger partial charge on any atom is 0.119 e. The van der Waals surface area contributed by atoms with Gasteiger partial charge >= 0.3 is 0 Å². The van der Waals surface area contributed by atoms with Crippen molar-refractivity contribution in [2.24, 2.45) is 5.41 Å². The summed E-state index contributed by atoms with van der Waals surface area (Å²) in [5.74, 6) is 0.840. The van der Waals surface area contributed by atoms with Crippen molar-refractivity contribution in [2.45, 2.75) is 19.3 Å². The van der Waals surface area contributed by atoms with Crippen LogP contribution in [0, 0.1) is 16.7 Å². The standard InChI is InChI=1S/C14H17NO2/c1-16-13-5-2-4-12(8-13)9-14(10-15)6-3-7-17-11-14/h2,4-5,8H,3,6-7,9,11H2,1H3. The zero-order valence-electron chi connectivity index (χ0n) is 10.1. The molecule has 1 saturated heterocycles. The monoisotopic (exact) mass is 231 g/mol. The molecule has 0 saturated carbocycles. The van der Waals surface area contributed by atoms with Gasteiger partial charge < -0.3 is 9.47 Å². The molecule has 3 nitrogen and oxygen atoms in total. The van der Waals surface area contributed by atoms with Crippen LogP contribution in [0.1, 0.15) is 18.4 Å². The van der Waals surface area contributed by atoms with Crippen molar-refractivity contribution in [1.29, 1.82) is 5.26 Å². The predicted octanol–water partition coefficient (Wildman–Crippen LogP) is 2.56. The lowest BCUT2D eigenvalue weighted by atomic mass is 9.78. The fourth-order valence-corrected chi connectivity index (χ4v) is 2.29. The molecule has 1 fully saturated rings. The summed E-state index contributed by atoms with van der Waals surface area (Å²) >= 11 is 0. The summed E-state index contributed by atoms with van der Waals surface area (Å²) < 4.78 is 10.6. The third-order valence-corrected chi connectivity index (χ3v) is 3.24. The Bertz CT molecular complexity index is 416. The summed E-state index contributed by atoms with van der Waals surface area (Å²) in [5.41, 5.74) is 0.779. The van der Waals surface area contributed by atoms with Gasteiger partial charge in [0.15, 0.2) is 0 Å². The highest BCUT2D eigenvalue weighted by Crippen LogP contribution is 2.32. The number of hydrogen-bond acceptors (Lipinski definition) is 3. The van der Waals surface area contributed by atoms with E-state index >= 15 is 0 Å². The van der Waals surface area contributed by atoms with Crippen LogP contribution in [0.5, 0.6) is 5.75 Å². The largest absolute Gasteiger partial charge is 0.497 e.